The lowest BCUT2D eigenvalue weighted by Crippen LogP contribution is -2.03. The molecule has 2 rings (SSSR count). The second-order valence-corrected chi connectivity index (χ2v) is 2.79. The summed E-state index contributed by atoms with van der Waals surface area (Å²) in [6.07, 6.45) is 6.76. The fourth-order valence-corrected chi connectivity index (χ4v) is 1.27. The van der Waals surface area contributed by atoms with Crippen LogP contribution in [0.4, 0.5) is 0 Å². The number of hydrogen-bond donors (Lipinski definition) is 1. The lowest BCUT2D eigenvalue weighted by Gasteiger charge is -2.04. The topological polar surface area (TPSA) is 64.7 Å². The molecule has 0 bridgehead atoms. The van der Waals surface area contributed by atoms with Gasteiger partial charge in [0.2, 0.25) is 0 Å². The van der Waals surface area contributed by atoms with Crippen molar-refractivity contribution in [2.75, 3.05) is 0 Å². The van der Waals surface area contributed by atoms with Crippen molar-refractivity contribution in [2.45, 2.75) is 6.54 Å². The Morgan fingerprint density at radius 1 is 1.00 bits per heavy atom. The number of nitrogens with two attached hydrogens (primary N) is 1. The highest BCUT2D eigenvalue weighted by atomic mass is 14.8. The molecule has 0 saturated heterocycles. The standard InChI is InChI=1S/C10H10N4/c11-7-9-10(14-6-5-13-9)8-1-3-12-4-2-8/h1-6H,7,11H2. The largest absolute Gasteiger partial charge is 0.325 e. The predicted octanol–water partition coefficient (Wildman–Crippen LogP) is 0.997. The van der Waals surface area contributed by atoms with Gasteiger partial charge in [0.15, 0.2) is 0 Å². The molecular weight excluding hydrogens is 176 g/mol. The van der Waals surface area contributed by atoms with Crippen LogP contribution in [0.3, 0.4) is 0 Å². The smallest absolute Gasteiger partial charge is 0.0931 e. The van der Waals surface area contributed by atoms with E-state index in [0.29, 0.717) is 6.54 Å². The quantitative estimate of drug-likeness (QED) is 0.759. The van der Waals surface area contributed by atoms with E-state index >= 15 is 0 Å². The maximum absolute atomic E-state index is 5.57. The van der Waals surface area contributed by atoms with Gasteiger partial charge in [-0.15, -0.1) is 0 Å². The Hall–Kier alpha value is -1.81. The first kappa shape index (κ1) is 8.77. The van der Waals surface area contributed by atoms with Crippen molar-refractivity contribution in [1.82, 2.24) is 15.0 Å². The van der Waals surface area contributed by atoms with Crippen LogP contribution in [0, 0.1) is 0 Å². The van der Waals surface area contributed by atoms with Gasteiger partial charge in [-0.3, -0.25) is 15.0 Å². The van der Waals surface area contributed by atoms with Crippen molar-refractivity contribution in [3.63, 3.8) is 0 Å². The highest BCUT2D eigenvalue weighted by Crippen LogP contribution is 2.17. The van der Waals surface area contributed by atoms with E-state index in [9.17, 15) is 0 Å². The van der Waals surface area contributed by atoms with Crippen molar-refractivity contribution >= 4 is 0 Å². The molecule has 0 amide bonds. The molecular formula is C10H10N4. The van der Waals surface area contributed by atoms with Gasteiger partial charge in [0.05, 0.1) is 11.4 Å². The van der Waals surface area contributed by atoms with Crippen molar-refractivity contribution in [1.29, 1.82) is 0 Å². The van der Waals surface area contributed by atoms with E-state index in [1.807, 2.05) is 12.1 Å². The van der Waals surface area contributed by atoms with Crippen molar-refractivity contribution < 1.29 is 0 Å². The van der Waals surface area contributed by atoms with E-state index < -0.39 is 0 Å². The SMILES string of the molecule is NCc1nccnc1-c1ccncc1. The normalized spacial score (nSPS) is 10.1. The molecule has 2 N–H and O–H groups in total. The zero-order chi connectivity index (χ0) is 9.80. The molecule has 70 valence electrons. The molecule has 0 aliphatic carbocycles. The van der Waals surface area contributed by atoms with Crippen LogP contribution in [-0.4, -0.2) is 15.0 Å². The summed E-state index contributed by atoms with van der Waals surface area (Å²) in [4.78, 5) is 12.4. The Morgan fingerprint density at radius 2 is 1.71 bits per heavy atom. The van der Waals surface area contributed by atoms with E-state index in [-0.39, 0.29) is 0 Å². The van der Waals surface area contributed by atoms with Gasteiger partial charge in [-0.1, -0.05) is 0 Å². The Labute approximate surface area is 81.9 Å². The molecule has 0 spiro atoms. The second kappa shape index (κ2) is 3.93. The molecule has 0 aliphatic rings. The molecule has 0 aliphatic heterocycles. The van der Waals surface area contributed by atoms with E-state index in [1.165, 1.54) is 0 Å². The van der Waals surface area contributed by atoms with Crippen molar-refractivity contribution in [3.05, 3.63) is 42.6 Å². The highest BCUT2D eigenvalue weighted by Gasteiger charge is 2.04. The van der Waals surface area contributed by atoms with Crippen molar-refractivity contribution in [2.24, 2.45) is 5.73 Å². The van der Waals surface area contributed by atoms with Crippen LogP contribution in [0.15, 0.2) is 36.9 Å². The van der Waals surface area contributed by atoms with Crippen LogP contribution >= 0.6 is 0 Å². The predicted molar refractivity (Wildman–Crippen MR) is 53.2 cm³/mol. The minimum absolute atomic E-state index is 0.394. The molecule has 2 aromatic heterocycles. The minimum atomic E-state index is 0.394. The Kier molecular flexibility index (Phi) is 2.46. The summed E-state index contributed by atoms with van der Waals surface area (Å²) < 4.78 is 0. The second-order valence-electron chi connectivity index (χ2n) is 2.79. The number of hydrogen-bond acceptors (Lipinski definition) is 4. The average molecular weight is 186 g/mol. The molecule has 2 aromatic rings. The fourth-order valence-electron chi connectivity index (χ4n) is 1.27. The Bertz CT molecular complexity index is 413. The summed E-state index contributed by atoms with van der Waals surface area (Å²) in [5.41, 5.74) is 8.20. The van der Waals surface area contributed by atoms with Crippen LogP contribution in [0.25, 0.3) is 11.3 Å². The molecule has 0 radical (unpaired) electrons. The lowest BCUT2D eigenvalue weighted by atomic mass is 10.1. The van der Waals surface area contributed by atoms with Gasteiger partial charge in [-0.2, -0.15) is 0 Å². The van der Waals surface area contributed by atoms with Crippen LogP contribution in [0.2, 0.25) is 0 Å². The van der Waals surface area contributed by atoms with E-state index in [4.69, 9.17) is 5.73 Å². The number of rotatable bonds is 2. The Balaban J connectivity index is 2.51. The molecule has 0 atom stereocenters. The zero-order valence-electron chi connectivity index (χ0n) is 7.59. The third-order valence-corrected chi connectivity index (χ3v) is 1.92. The zero-order valence-corrected chi connectivity index (χ0v) is 7.59. The number of aromatic nitrogens is 3. The summed E-state index contributed by atoms with van der Waals surface area (Å²) in [6, 6.07) is 3.78. The summed E-state index contributed by atoms with van der Waals surface area (Å²) in [7, 11) is 0. The van der Waals surface area contributed by atoms with E-state index in [1.54, 1.807) is 24.8 Å². The van der Waals surface area contributed by atoms with Crippen LogP contribution in [0.5, 0.6) is 0 Å². The van der Waals surface area contributed by atoms with Gasteiger partial charge in [-0.05, 0) is 12.1 Å². The Morgan fingerprint density at radius 3 is 2.43 bits per heavy atom. The van der Waals surface area contributed by atoms with Crippen LogP contribution in [0.1, 0.15) is 5.69 Å². The lowest BCUT2D eigenvalue weighted by molar-refractivity contribution is 0.969. The number of pyridine rings is 1. The van der Waals surface area contributed by atoms with Gasteiger partial charge in [-0.25, -0.2) is 0 Å². The third kappa shape index (κ3) is 1.60. The monoisotopic (exact) mass is 186 g/mol. The van der Waals surface area contributed by atoms with Crippen LogP contribution in [-0.2, 0) is 6.54 Å². The first-order chi connectivity index (χ1) is 6.92. The highest BCUT2D eigenvalue weighted by molar-refractivity contribution is 5.60. The molecule has 0 aromatic carbocycles. The molecule has 4 nitrogen and oxygen atoms in total. The van der Waals surface area contributed by atoms with Gasteiger partial charge >= 0.3 is 0 Å². The first-order valence-electron chi connectivity index (χ1n) is 4.32. The van der Waals surface area contributed by atoms with Gasteiger partial charge in [0, 0.05) is 36.9 Å². The van der Waals surface area contributed by atoms with Crippen molar-refractivity contribution in [3.8, 4) is 11.3 Å². The van der Waals surface area contributed by atoms with Gasteiger partial charge in [0.25, 0.3) is 0 Å². The molecule has 2 heterocycles. The fraction of sp³-hybridized carbons (Fsp3) is 0.100. The maximum atomic E-state index is 5.57. The molecule has 0 fully saturated rings. The average Bonchev–Trinajstić information content (AvgIpc) is 2.30. The summed E-state index contributed by atoms with van der Waals surface area (Å²) in [5, 5.41) is 0. The minimum Gasteiger partial charge on any atom is -0.325 e. The molecule has 0 unspecified atom stereocenters. The first-order valence-corrected chi connectivity index (χ1v) is 4.32. The van der Waals surface area contributed by atoms with E-state index in [0.717, 1.165) is 17.0 Å². The third-order valence-electron chi connectivity index (χ3n) is 1.92. The van der Waals surface area contributed by atoms with E-state index in [2.05, 4.69) is 15.0 Å². The molecule has 4 heteroatoms. The molecule has 0 saturated carbocycles. The summed E-state index contributed by atoms with van der Waals surface area (Å²) in [6.45, 7) is 0.394. The summed E-state index contributed by atoms with van der Waals surface area (Å²) in [5.74, 6) is 0. The number of nitrogens with zero attached hydrogens (tertiary/aromatic N) is 3. The maximum Gasteiger partial charge on any atom is 0.0931 e. The van der Waals surface area contributed by atoms with Gasteiger partial charge < -0.3 is 5.73 Å². The van der Waals surface area contributed by atoms with Gasteiger partial charge in [0.1, 0.15) is 0 Å². The van der Waals surface area contributed by atoms with Crippen LogP contribution < -0.4 is 5.73 Å². The summed E-state index contributed by atoms with van der Waals surface area (Å²) >= 11 is 0. The molecule has 14 heavy (non-hydrogen) atoms.